The van der Waals surface area contributed by atoms with Gasteiger partial charge in [-0.3, -0.25) is 5.32 Å². The van der Waals surface area contributed by atoms with Gasteiger partial charge < -0.3 is 9.64 Å². The maximum Gasteiger partial charge on any atom is 0.183 e. The minimum Gasteiger partial charge on any atom is -0.383 e. The third-order valence-corrected chi connectivity index (χ3v) is 4.02. The van der Waals surface area contributed by atoms with E-state index < -0.39 is 0 Å². The average Bonchev–Trinajstić information content (AvgIpc) is 2.52. The largest absolute Gasteiger partial charge is 0.383 e. The van der Waals surface area contributed by atoms with Crippen molar-refractivity contribution in [3.8, 4) is 6.19 Å². The standard InChI is InChI=1S/C15H20N4OS/c1-20-9-8-19-7-3-4-12-5-6-13(10-14(12)19)18-15(21-2)17-11-16/h5-6,10H,3-4,7-9H2,1-2H3,(H,17,18). The Balaban J connectivity index is 2.25. The Hall–Kier alpha value is -1.71. The van der Waals surface area contributed by atoms with Crippen molar-refractivity contribution in [2.45, 2.75) is 12.8 Å². The van der Waals surface area contributed by atoms with E-state index in [2.05, 4.69) is 27.3 Å². The van der Waals surface area contributed by atoms with Gasteiger partial charge in [-0.2, -0.15) is 5.26 Å². The Morgan fingerprint density at radius 3 is 3.14 bits per heavy atom. The number of fused-ring (bicyclic) bond motifs is 1. The summed E-state index contributed by atoms with van der Waals surface area (Å²) in [5.74, 6) is 0. The SMILES string of the molecule is COCCN1CCCc2ccc(N=C(NC#N)SC)cc21. The van der Waals surface area contributed by atoms with Crippen LogP contribution in [0, 0.1) is 11.5 Å². The number of benzene rings is 1. The topological polar surface area (TPSA) is 60.6 Å². The van der Waals surface area contributed by atoms with Crippen LogP contribution in [-0.2, 0) is 11.2 Å². The lowest BCUT2D eigenvalue weighted by atomic mass is 10.0. The molecule has 0 saturated heterocycles. The summed E-state index contributed by atoms with van der Waals surface area (Å²) < 4.78 is 5.19. The van der Waals surface area contributed by atoms with Gasteiger partial charge in [0.25, 0.3) is 0 Å². The van der Waals surface area contributed by atoms with Crippen molar-refractivity contribution in [1.29, 1.82) is 5.26 Å². The molecule has 0 saturated carbocycles. The molecule has 0 atom stereocenters. The molecule has 0 unspecified atom stereocenters. The molecule has 112 valence electrons. The van der Waals surface area contributed by atoms with Crippen LogP contribution in [0.5, 0.6) is 0 Å². The molecule has 0 aliphatic carbocycles. The quantitative estimate of drug-likeness (QED) is 0.401. The predicted octanol–water partition coefficient (Wildman–Crippen LogP) is 2.51. The normalized spacial score (nSPS) is 14.5. The number of nitrogens with zero attached hydrogens (tertiary/aromatic N) is 3. The number of hydrogen-bond acceptors (Lipinski definition) is 5. The summed E-state index contributed by atoms with van der Waals surface area (Å²) in [6, 6.07) is 6.24. The first-order valence-electron chi connectivity index (χ1n) is 6.93. The molecule has 6 heteroatoms. The monoisotopic (exact) mass is 304 g/mol. The van der Waals surface area contributed by atoms with E-state index in [4.69, 9.17) is 10.00 Å². The van der Waals surface area contributed by atoms with E-state index in [9.17, 15) is 0 Å². The van der Waals surface area contributed by atoms with Gasteiger partial charge in [0, 0.05) is 25.9 Å². The van der Waals surface area contributed by atoms with Gasteiger partial charge in [0.2, 0.25) is 0 Å². The second-order valence-electron chi connectivity index (χ2n) is 4.75. The predicted molar refractivity (Wildman–Crippen MR) is 88.2 cm³/mol. The van der Waals surface area contributed by atoms with Crippen molar-refractivity contribution in [3.63, 3.8) is 0 Å². The Morgan fingerprint density at radius 2 is 2.43 bits per heavy atom. The smallest absolute Gasteiger partial charge is 0.183 e. The van der Waals surface area contributed by atoms with Crippen LogP contribution in [0.3, 0.4) is 0 Å². The first-order chi connectivity index (χ1) is 10.3. The molecular weight excluding hydrogens is 284 g/mol. The summed E-state index contributed by atoms with van der Waals surface area (Å²) >= 11 is 1.42. The van der Waals surface area contributed by atoms with Crippen molar-refractivity contribution in [2.75, 3.05) is 38.0 Å². The Kier molecular flexibility index (Phi) is 5.90. The molecule has 0 radical (unpaired) electrons. The number of nitrogens with one attached hydrogen (secondary N) is 1. The molecule has 1 N–H and O–H groups in total. The van der Waals surface area contributed by atoms with Gasteiger partial charge in [0.15, 0.2) is 11.4 Å². The van der Waals surface area contributed by atoms with E-state index in [0.717, 1.165) is 31.8 Å². The van der Waals surface area contributed by atoms with E-state index in [0.29, 0.717) is 5.17 Å². The number of amidine groups is 1. The molecule has 1 heterocycles. The van der Waals surface area contributed by atoms with Gasteiger partial charge in [-0.05, 0) is 36.8 Å². The third-order valence-electron chi connectivity index (χ3n) is 3.44. The summed E-state index contributed by atoms with van der Waals surface area (Å²) in [5, 5.41) is 11.9. The first-order valence-corrected chi connectivity index (χ1v) is 8.15. The number of thioether (sulfide) groups is 1. The number of hydrogen-bond donors (Lipinski definition) is 1. The molecule has 1 aliphatic rings. The zero-order valence-corrected chi connectivity index (χ0v) is 13.2. The summed E-state index contributed by atoms with van der Waals surface area (Å²) in [6.07, 6.45) is 6.08. The van der Waals surface area contributed by atoms with Gasteiger partial charge >= 0.3 is 0 Å². The molecule has 0 aromatic heterocycles. The summed E-state index contributed by atoms with van der Waals surface area (Å²) in [4.78, 5) is 6.82. The Labute approximate surface area is 130 Å². The van der Waals surface area contributed by atoms with Crippen molar-refractivity contribution < 1.29 is 4.74 Å². The van der Waals surface area contributed by atoms with Crippen molar-refractivity contribution in [1.82, 2.24) is 5.32 Å². The van der Waals surface area contributed by atoms with Gasteiger partial charge in [0.05, 0.1) is 12.3 Å². The van der Waals surface area contributed by atoms with E-state index in [1.54, 1.807) is 7.11 Å². The van der Waals surface area contributed by atoms with E-state index in [1.165, 1.54) is 29.4 Å². The molecule has 2 rings (SSSR count). The van der Waals surface area contributed by atoms with Crippen LogP contribution < -0.4 is 10.2 Å². The fourth-order valence-electron chi connectivity index (χ4n) is 2.43. The minimum absolute atomic E-state index is 0.608. The van der Waals surface area contributed by atoms with Crippen LogP contribution in [-0.4, -0.2) is 38.2 Å². The highest BCUT2D eigenvalue weighted by Gasteiger charge is 2.16. The Morgan fingerprint density at radius 1 is 1.57 bits per heavy atom. The van der Waals surface area contributed by atoms with Gasteiger partial charge in [-0.15, -0.1) is 0 Å². The molecule has 1 aromatic rings. The summed E-state index contributed by atoms with van der Waals surface area (Å²) in [7, 11) is 1.73. The van der Waals surface area contributed by atoms with Crippen LogP contribution in [0.2, 0.25) is 0 Å². The van der Waals surface area contributed by atoms with Crippen LogP contribution in [0.4, 0.5) is 11.4 Å². The van der Waals surface area contributed by atoms with Crippen LogP contribution >= 0.6 is 11.8 Å². The second kappa shape index (κ2) is 7.91. The summed E-state index contributed by atoms with van der Waals surface area (Å²) in [5.41, 5.74) is 3.46. The number of methoxy groups -OCH3 is 1. The van der Waals surface area contributed by atoms with Gasteiger partial charge in [-0.1, -0.05) is 17.8 Å². The average molecular weight is 304 g/mol. The molecule has 0 fully saturated rings. The third kappa shape index (κ3) is 4.13. The lowest BCUT2D eigenvalue weighted by Crippen LogP contribution is -2.32. The Bertz CT molecular complexity index is 553. The maximum atomic E-state index is 8.70. The molecule has 1 aromatic carbocycles. The fraction of sp³-hybridized carbons (Fsp3) is 0.467. The zero-order valence-electron chi connectivity index (χ0n) is 12.4. The first kappa shape index (κ1) is 15.7. The fourth-order valence-corrected chi connectivity index (χ4v) is 2.78. The van der Waals surface area contributed by atoms with Gasteiger partial charge in [0.1, 0.15) is 0 Å². The van der Waals surface area contributed by atoms with Crippen molar-refractivity contribution in [3.05, 3.63) is 23.8 Å². The highest BCUT2D eigenvalue weighted by Crippen LogP contribution is 2.31. The number of rotatable bonds is 4. The summed E-state index contributed by atoms with van der Waals surface area (Å²) in [6.45, 7) is 2.66. The molecular formula is C15H20N4OS. The van der Waals surface area contributed by atoms with Crippen molar-refractivity contribution in [2.24, 2.45) is 4.99 Å². The lowest BCUT2D eigenvalue weighted by molar-refractivity contribution is 0.205. The van der Waals surface area contributed by atoms with Crippen molar-refractivity contribution >= 4 is 28.3 Å². The van der Waals surface area contributed by atoms with Crippen LogP contribution in [0.1, 0.15) is 12.0 Å². The number of aliphatic imine (C=N–C) groups is 1. The van der Waals surface area contributed by atoms with E-state index >= 15 is 0 Å². The lowest BCUT2D eigenvalue weighted by Gasteiger charge is -2.31. The second-order valence-corrected chi connectivity index (χ2v) is 5.55. The highest BCUT2D eigenvalue weighted by molar-refractivity contribution is 8.13. The van der Waals surface area contributed by atoms with Gasteiger partial charge in [-0.25, -0.2) is 4.99 Å². The molecule has 0 amide bonds. The molecule has 0 spiro atoms. The number of anilines is 1. The number of ether oxygens (including phenoxy) is 1. The molecule has 0 bridgehead atoms. The maximum absolute atomic E-state index is 8.70. The van der Waals surface area contributed by atoms with E-state index in [-0.39, 0.29) is 0 Å². The van der Waals surface area contributed by atoms with E-state index in [1.807, 2.05) is 18.5 Å². The molecule has 1 aliphatic heterocycles. The zero-order chi connectivity index (χ0) is 15.1. The number of nitriles is 1. The highest BCUT2D eigenvalue weighted by atomic mass is 32.2. The molecule has 21 heavy (non-hydrogen) atoms. The number of aryl methyl sites for hydroxylation is 1. The van der Waals surface area contributed by atoms with Crippen LogP contribution in [0.15, 0.2) is 23.2 Å². The van der Waals surface area contributed by atoms with Crippen LogP contribution in [0.25, 0.3) is 0 Å². The minimum atomic E-state index is 0.608. The molecule has 5 nitrogen and oxygen atoms in total.